The Balaban J connectivity index is 2.00. The third-order valence-electron chi connectivity index (χ3n) is 2.39. The quantitative estimate of drug-likeness (QED) is 0.645. The molecule has 12 heavy (non-hydrogen) atoms. The average Bonchev–Trinajstić information content (AvgIpc) is 2.35. The summed E-state index contributed by atoms with van der Waals surface area (Å²) in [4.78, 5) is 4.70. The minimum absolute atomic E-state index is 0.435. The van der Waals surface area contributed by atoms with Gasteiger partial charge in [0, 0.05) is 12.6 Å². The third-order valence-corrected chi connectivity index (χ3v) is 2.39. The zero-order chi connectivity index (χ0) is 8.97. The first-order valence-corrected chi connectivity index (χ1v) is 4.81. The first kappa shape index (κ1) is 9.96. The van der Waals surface area contributed by atoms with Crippen LogP contribution in [0.1, 0.15) is 12.8 Å². The standard InChI is InChI=1S/C9H21N3/c1-11(2)5-3-6-12-7-4-9(10)8-12/h9H,3-8,10H2,1-2H3/t9-/m0/s1. The van der Waals surface area contributed by atoms with Crippen molar-refractivity contribution in [3.05, 3.63) is 0 Å². The van der Waals surface area contributed by atoms with Gasteiger partial charge in [-0.05, 0) is 46.6 Å². The van der Waals surface area contributed by atoms with E-state index in [-0.39, 0.29) is 0 Å². The van der Waals surface area contributed by atoms with Crippen LogP contribution >= 0.6 is 0 Å². The van der Waals surface area contributed by atoms with E-state index in [1.54, 1.807) is 0 Å². The maximum absolute atomic E-state index is 5.80. The number of nitrogens with two attached hydrogens (primary N) is 1. The van der Waals surface area contributed by atoms with Gasteiger partial charge in [0.25, 0.3) is 0 Å². The van der Waals surface area contributed by atoms with Crippen LogP contribution in [-0.4, -0.2) is 56.1 Å². The van der Waals surface area contributed by atoms with E-state index in [2.05, 4.69) is 23.9 Å². The smallest absolute Gasteiger partial charge is 0.0180 e. The van der Waals surface area contributed by atoms with Crippen LogP contribution in [0.3, 0.4) is 0 Å². The lowest BCUT2D eigenvalue weighted by atomic mass is 10.3. The van der Waals surface area contributed by atoms with Crippen molar-refractivity contribution < 1.29 is 0 Å². The highest BCUT2D eigenvalue weighted by atomic mass is 15.2. The van der Waals surface area contributed by atoms with Crippen LogP contribution in [-0.2, 0) is 0 Å². The predicted octanol–water partition coefficient (Wildman–Crippen LogP) is -0.0289. The topological polar surface area (TPSA) is 32.5 Å². The summed E-state index contributed by atoms with van der Waals surface area (Å²) in [7, 11) is 4.24. The van der Waals surface area contributed by atoms with Crippen molar-refractivity contribution >= 4 is 0 Å². The molecule has 1 heterocycles. The van der Waals surface area contributed by atoms with E-state index >= 15 is 0 Å². The van der Waals surface area contributed by atoms with Gasteiger partial charge in [-0.1, -0.05) is 0 Å². The van der Waals surface area contributed by atoms with Gasteiger partial charge in [0.15, 0.2) is 0 Å². The molecule has 0 unspecified atom stereocenters. The van der Waals surface area contributed by atoms with Crippen molar-refractivity contribution in [1.82, 2.24) is 9.80 Å². The molecule has 0 aromatic rings. The van der Waals surface area contributed by atoms with E-state index in [0.717, 1.165) is 6.54 Å². The second-order valence-corrected chi connectivity index (χ2v) is 4.01. The molecule has 72 valence electrons. The number of likely N-dealkylation sites (tertiary alicyclic amines) is 1. The SMILES string of the molecule is CN(C)CCCN1CC[C@H](N)C1. The highest BCUT2D eigenvalue weighted by Gasteiger charge is 2.17. The maximum Gasteiger partial charge on any atom is 0.0180 e. The summed E-state index contributed by atoms with van der Waals surface area (Å²) in [6.45, 7) is 4.71. The van der Waals surface area contributed by atoms with Gasteiger partial charge in [-0.2, -0.15) is 0 Å². The second kappa shape index (κ2) is 4.80. The predicted molar refractivity (Wildman–Crippen MR) is 52.2 cm³/mol. The van der Waals surface area contributed by atoms with Crippen LogP contribution in [0.2, 0.25) is 0 Å². The van der Waals surface area contributed by atoms with Crippen molar-refractivity contribution in [2.75, 3.05) is 40.3 Å². The molecule has 0 aromatic heterocycles. The fraction of sp³-hybridized carbons (Fsp3) is 1.00. The van der Waals surface area contributed by atoms with Crippen molar-refractivity contribution in [3.63, 3.8) is 0 Å². The zero-order valence-corrected chi connectivity index (χ0v) is 8.29. The Bertz CT molecular complexity index is 125. The van der Waals surface area contributed by atoms with Gasteiger partial charge in [-0.15, -0.1) is 0 Å². The van der Waals surface area contributed by atoms with Gasteiger partial charge >= 0.3 is 0 Å². The average molecular weight is 171 g/mol. The molecule has 1 saturated heterocycles. The van der Waals surface area contributed by atoms with Gasteiger partial charge in [0.1, 0.15) is 0 Å². The molecular formula is C9H21N3. The van der Waals surface area contributed by atoms with Gasteiger partial charge < -0.3 is 15.5 Å². The van der Waals surface area contributed by atoms with E-state index < -0.39 is 0 Å². The van der Waals surface area contributed by atoms with E-state index in [9.17, 15) is 0 Å². The first-order chi connectivity index (χ1) is 5.68. The number of rotatable bonds is 4. The maximum atomic E-state index is 5.80. The molecular weight excluding hydrogens is 150 g/mol. The van der Waals surface area contributed by atoms with Crippen LogP contribution in [0.15, 0.2) is 0 Å². The number of nitrogens with zero attached hydrogens (tertiary/aromatic N) is 2. The summed E-state index contributed by atoms with van der Waals surface area (Å²) in [5.41, 5.74) is 5.80. The Morgan fingerprint density at radius 2 is 2.25 bits per heavy atom. The summed E-state index contributed by atoms with van der Waals surface area (Å²) in [5.74, 6) is 0. The Morgan fingerprint density at radius 1 is 1.50 bits per heavy atom. The molecule has 2 N–H and O–H groups in total. The second-order valence-electron chi connectivity index (χ2n) is 4.01. The molecule has 0 radical (unpaired) electrons. The minimum atomic E-state index is 0.435. The van der Waals surface area contributed by atoms with E-state index in [4.69, 9.17) is 5.73 Å². The molecule has 0 saturated carbocycles. The summed E-state index contributed by atoms with van der Waals surface area (Å²) < 4.78 is 0. The van der Waals surface area contributed by atoms with Crippen LogP contribution in [0, 0.1) is 0 Å². The molecule has 0 aromatic carbocycles. The Labute approximate surface area is 75.5 Å². The van der Waals surface area contributed by atoms with E-state index in [0.29, 0.717) is 6.04 Å². The molecule has 0 amide bonds. The van der Waals surface area contributed by atoms with Gasteiger partial charge in [0.05, 0.1) is 0 Å². The molecule has 3 nitrogen and oxygen atoms in total. The van der Waals surface area contributed by atoms with E-state index in [1.807, 2.05) is 0 Å². The van der Waals surface area contributed by atoms with Crippen LogP contribution in [0.4, 0.5) is 0 Å². The van der Waals surface area contributed by atoms with Crippen molar-refractivity contribution in [3.8, 4) is 0 Å². The summed E-state index contributed by atoms with van der Waals surface area (Å²) in [6, 6.07) is 0.435. The van der Waals surface area contributed by atoms with Crippen molar-refractivity contribution in [2.45, 2.75) is 18.9 Å². The largest absolute Gasteiger partial charge is 0.326 e. The molecule has 3 heteroatoms. The van der Waals surface area contributed by atoms with Gasteiger partial charge in [0.2, 0.25) is 0 Å². The lowest BCUT2D eigenvalue weighted by Crippen LogP contribution is -2.28. The zero-order valence-electron chi connectivity index (χ0n) is 8.29. The van der Waals surface area contributed by atoms with Gasteiger partial charge in [-0.3, -0.25) is 0 Å². The van der Waals surface area contributed by atoms with Crippen LogP contribution in [0.5, 0.6) is 0 Å². The summed E-state index contributed by atoms with van der Waals surface area (Å²) >= 11 is 0. The Hall–Kier alpha value is -0.120. The molecule has 1 atom stereocenters. The summed E-state index contributed by atoms with van der Waals surface area (Å²) in [5, 5.41) is 0. The summed E-state index contributed by atoms with van der Waals surface area (Å²) in [6.07, 6.45) is 2.45. The Morgan fingerprint density at radius 3 is 2.75 bits per heavy atom. The molecule has 1 fully saturated rings. The Kier molecular flexibility index (Phi) is 3.98. The molecule has 0 spiro atoms. The third kappa shape index (κ3) is 3.52. The van der Waals surface area contributed by atoms with E-state index in [1.165, 1.54) is 32.5 Å². The molecule has 1 aliphatic rings. The van der Waals surface area contributed by atoms with Crippen molar-refractivity contribution in [1.29, 1.82) is 0 Å². The lowest BCUT2D eigenvalue weighted by Gasteiger charge is -2.16. The molecule has 1 rings (SSSR count). The minimum Gasteiger partial charge on any atom is -0.326 e. The normalized spacial score (nSPS) is 25.5. The lowest BCUT2D eigenvalue weighted by molar-refractivity contribution is 0.300. The van der Waals surface area contributed by atoms with Gasteiger partial charge in [-0.25, -0.2) is 0 Å². The molecule has 0 aliphatic carbocycles. The highest BCUT2D eigenvalue weighted by molar-refractivity contribution is 4.77. The van der Waals surface area contributed by atoms with Crippen LogP contribution in [0.25, 0.3) is 0 Å². The van der Waals surface area contributed by atoms with Crippen molar-refractivity contribution in [2.24, 2.45) is 5.73 Å². The fourth-order valence-electron chi connectivity index (χ4n) is 1.68. The highest BCUT2D eigenvalue weighted by Crippen LogP contribution is 2.06. The first-order valence-electron chi connectivity index (χ1n) is 4.81. The molecule has 0 bridgehead atoms. The monoisotopic (exact) mass is 171 g/mol. The molecule has 1 aliphatic heterocycles. The number of hydrogen-bond donors (Lipinski definition) is 1. The van der Waals surface area contributed by atoms with Crippen LogP contribution < -0.4 is 5.73 Å². The number of hydrogen-bond acceptors (Lipinski definition) is 3. The fourth-order valence-corrected chi connectivity index (χ4v) is 1.68.